The molecule has 0 saturated heterocycles. The fourth-order valence-electron chi connectivity index (χ4n) is 1.68. The number of hydrogen-bond acceptors (Lipinski definition) is 6. The van der Waals surface area contributed by atoms with Crippen LogP contribution in [0.4, 0.5) is 0 Å². The van der Waals surface area contributed by atoms with Gasteiger partial charge in [0.2, 0.25) is 12.7 Å². The largest absolute Gasteiger partial charge is 0.545 e. The smallest absolute Gasteiger partial charge is 0.231 e. The first-order valence-electron chi connectivity index (χ1n) is 5.48. The van der Waals surface area contributed by atoms with E-state index in [9.17, 15) is 9.90 Å². The van der Waals surface area contributed by atoms with Crippen LogP contribution in [-0.4, -0.2) is 17.7 Å². The predicted octanol–water partition coefficient (Wildman–Crippen LogP) is 0.966. The van der Waals surface area contributed by atoms with Crippen molar-refractivity contribution in [2.24, 2.45) is 0 Å². The number of benzene rings is 1. The maximum Gasteiger partial charge on any atom is 0.231 e. The average Bonchev–Trinajstić information content (AvgIpc) is 2.86. The molecule has 0 amide bonds. The lowest BCUT2D eigenvalue weighted by Gasteiger charge is -2.10. The van der Waals surface area contributed by atoms with E-state index in [0.29, 0.717) is 17.2 Å². The number of nitrogens with zero attached hydrogens (tertiary/aromatic N) is 1. The molecule has 0 radical (unpaired) electrons. The quantitative estimate of drug-likeness (QED) is 0.815. The van der Waals surface area contributed by atoms with Crippen molar-refractivity contribution in [2.45, 2.75) is 0 Å². The van der Waals surface area contributed by atoms with Gasteiger partial charge in [-0.3, -0.25) is 0 Å². The van der Waals surface area contributed by atoms with Gasteiger partial charge >= 0.3 is 0 Å². The fraction of sp³-hybridized carbons (Fsp3) is 0.0769. The van der Waals surface area contributed by atoms with Crippen LogP contribution in [0.15, 0.2) is 36.5 Å². The van der Waals surface area contributed by atoms with E-state index in [1.165, 1.54) is 18.3 Å². The number of rotatable bonds is 3. The van der Waals surface area contributed by atoms with Crippen molar-refractivity contribution in [1.82, 2.24) is 4.98 Å². The molecule has 6 nitrogen and oxygen atoms in total. The highest BCUT2D eigenvalue weighted by atomic mass is 16.7. The SMILES string of the molecule is O=C([O-])c1cccnc1Oc1ccc2c(c1)OCO2. The van der Waals surface area contributed by atoms with Crippen LogP contribution in [0.25, 0.3) is 0 Å². The molecule has 0 bridgehead atoms. The molecule has 6 heteroatoms. The number of aromatic nitrogens is 1. The van der Waals surface area contributed by atoms with E-state index in [-0.39, 0.29) is 18.2 Å². The van der Waals surface area contributed by atoms with Gasteiger partial charge in [-0.2, -0.15) is 0 Å². The Morgan fingerprint density at radius 2 is 2.11 bits per heavy atom. The van der Waals surface area contributed by atoms with Gasteiger partial charge in [0, 0.05) is 12.3 Å². The Balaban J connectivity index is 1.91. The van der Waals surface area contributed by atoms with Crippen molar-refractivity contribution < 1.29 is 24.1 Å². The molecule has 19 heavy (non-hydrogen) atoms. The molecule has 96 valence electrons. The number of carboxylic acids is 1. The summed E-state index contributed by atoms with van der Waals surface area (Å²) in [6, 6.07) is 7.79. The minimum absolute atomic E-state index is 0.0265. The van der Waals surface area contributed by atoms with Gasteiger partial charge in [-0.05, 0) is 24.3 Å². The third-order valence-corrected chi connectivity index (χ3v) is 2.55. The number of carbonyl (C=O) groups is 1. The monoisotopic (exact) mass is 258 g/mol. The summed E-state index contributed by atoms with van der Waals surface area (Å²) in [6.45, 7) is 0.159. The third-order valence-electron chi connectivity index (χ3n) is 2.55. The molecule has 0 aliphatic carbocycles. The van der Waals surface area contributed by atoms with E-state index in [1.807, 2.05) is 0 Å². The minimum Gasteiger partial charge on any atom is -0.545 e. The topological polar surface area (TPSA) is 80.7 Å². The number of ether oxygens (including phenoxy) is 3. The standard InChI is InChI=1S/C13H9NO5/c15-13(16)9-2-1-5-14-12(9)19-8-3-4-10-11(6-8)18-7-17-10/h1-6H,7H2,(H,15,16)/p-1. The maximum atomic E-state index is 10.9. The van der Waals surface area contributed by atoms with Crippen molar-refractivity contribution in [3.63, 3.8) is 0 Å². The molecule has 1 aliphatic rings. The van der Waals surface area contributed by atoms with Crippen molar-refractivity contribution in [1.29, 1.82) is 0 Å². The normalized spacial score (nSPS) is 12.2. The third kappa shape index (κ3) is 2.15. The Labute approximate surface area is 108 Å². The van der Waals surface area contributed by atoms with E-state index >= 15 is 0 Å². The van der Waals surface area contributed by atoms with Crippen LogP contribution in [0.3, 0.4) is 0 Å². The number of carboxylic acid groups (broad SMARTS) is 1. The number of fused-ring (bicyclic) bond motifs is 1. The Bertz CT molecular complexity index is 641. The average molecular weight is 258 g/mol. The van der Waals surface area contributed by atoms with Crippen LogP contribution in [-0.2, 0) is 0 Å². The Morgan fingerprint density at radius 3 is 2.95 bits per heavy atom. The molecule has 1 aromatic carbocycles. The zero-order valence-electron chi connectivity index (χ0n) is 9.66. The second-order valence-electron chi connectivity index (χ2n) is 3.76. The fourth-order valence-corrected chi connectivity index (χ4v) is 1.68. The summed E-state index contributed by atoms with van der Waals surface area (Å²) in [5.41, 5.74) is -0.111. The van der Waals surface area contributed by atoms with Crippen LogP contribution >= 0.6 is 0 Å². The summed E-state index contributed by atoms with van der Waals surface area (Å²) >= 11 is 0. The number of carbonyl (C=O) groups excluding carboxylic acids is 1. The van der Waals surface area contributed by atoms with Gasteiger partial charge < -0.3 is 24.1 Å². The van der Waals surface area contributed by atoms with Crippen molar-refractivity contribution >= 4 is 5.97 Å². The molecule has 3 rings (SSSR count). The Morgan fingerprint density at radius 1 is 1.26 bits per heavy atom. The number of pyridine rings is 1. The molecule has 1 aliphatic heterocycles. The van der Waals surface area contributed by atoms with Gasteiger partial charge in [0.05, 0.1) is 11.5 Å². The summed E-state index contributed by atoms with van der Waals surface area (Å²) in [6.07, 6.45) is 1.44. The molecular formula is C13H8NO5-. The number of aromatic carboxylic acids is 1. The second-order valence-corrected chi connectivity index (χ2v) is 3.76. The van der Waals surface area contributed by atoms with Crippen LogP contribution < -0.4 is 19.3 Å². The molecule has 2 aromatic rings. The van der Waals surface area contributed by atoms with Gasteiger partial charge in [-0.25, -0.2) is 4.98 Å². The highest BCUT2D eigenvalue weighted by Gasteiger charge is 2.15. The van der Waals surface area contributed by atoms with E-state index in [1.54, 1.807) is 18.2 Å². The van der Waals surface area contributed by atoms with Crippen LogP contribution in [0.2, 0.25) is 0 Å². The maximum absolute atomic E-state index is 10.9. The first kappa shape index (κ1) is 11.3. The van der Waals surface area contributed by atoms with Crippen LogP contribution in [0.1, 0.15) is 10.4 Å². The lowest BCUT2D eigenvalue weighted by Crippen LogP contribution is -2.23. The zero-order valence-corrected chi connectivity index (χ0v) is 9.66. The highest BCUT2D eigenvalue weighted by molar-refractivity contribution is 5.88. The zero-order chi connectivity index (χ0) is 13.2. The van der Waals surface area contributed by atoms with Gasteiger partial charge in [0.25, 0.3) is 0 Å². The van der Waals surface area contributed by atoms with Crippen LogP contribution in [0.5, 0.6) is 23.1 Å². The molecule has 0 saturated carbocycles. The second kappa shape index (κ2) is 4.49. The van der Waals surface area contributed by atoms with Gasteiger partial charge in [-0.15, -0.1) is 0 Å². The predicted molar refractivity (Wildman–Crippen MR) is 61.2 cm³/mol. The lowest BCUT2D eigenvalue weighted by atomic mass is 10.2. The Hall–Kier alpha value is -2.76. The van der Waals surface area contributed by atoms with Gasteiger partial charge in [0.15, 0.2) is 11.5 Å². The van der Waals surface area contributed by atoms with Crippen molar-refractivity contribution in [3.05, 3.63) is 42.1 Å². The molecule has 0 spiro atoms. The first-order chi connectivity index (χ1) is 9.24. The minimum atomic E-state index is -1.34. The van der Waals surface area contributed by atoms with Crippen LogP contribution in [0, 0.1) is 0 Å². The highest BCUT2D eigenvalue weighted by Crippen LogP contribution is 2.36. The Kier molecular flexibility index (Phi) is 2.68. The van der Waals surface area contributed by atoms with Crippen molar-refractivity contribution in [3.8, 4) is 23.1 Å². The first-order valence-corrected chi connectivity index (χ1v) is 5.48. The molecule has 0 unspecified atom stereocenters. The molecular weight excluding hydrogens is 250 g/mol. The van der Waals surface area contributed by atoms with Gasteiger partial charge in [0.1, 0.15) is 5.75 Å². The summed E-state index contributed by atoms with van der Waals surface area (Å²) in [7, 11) is 0. The van der Waals surface area contributed by atoms with Gasteiger partial charge in [-0.1, -0.05) is 0 Å². The van der Waals surface area contributed by atoms with E-state index < -0.39 is 5.97 Å². The summed E-state index contributed by atoms with van der Waals surface area (Å²) < 4.78 is 15.8. The molecule has 1 aromatic heterocycles. The summed E-state index contributed by atoms with van der Waals surface area (Å²) in [4.78, 5) is 14.8. The summed E-state index contributed by atoms with van der Waals surface area (Å²) in [5, 5.41) is 10.9. The lowest BCUT2D eigenvalue weighted by molar-refractivity contribution is -0.255. The van der Waals surface area contributed by atoms with E-state index in [2.05, 4.69) is 4.98 Å². The molecule has 0 fully saturated rings. The van der Waals surface area contributed by atoms with Crippen molar-refractivity contribution in [2.75, 3.05) is 6.79 Å². The van der Waals surface area contributed by atoms with E-state index in [0.717, 1.165) is 0 Å². The summed E-state index contributed by atoms with van der Waals surface area (Å²) in [5.74, 6) is 0.201. The molecule has 0 atom stereocenters. The van der Waals surface area contributed by atoms with E-state index in [4.69, 9.17) is 14.2 Å². The number of hydrogen-bond donors (Lipinski definition) is 0. The molecule has 2 heterocycles. The molecule has 0 N–H and O–H groups in total.